The first-order chi connectivity index (χ1) is 13.1. The fraction of sp³-hybridized carbons (Fsp3) is 0.381. The Morgan fingerprint density at radius 1 is 1.07 bits per heavy atom. The van der Waals surface area contributed by atoms with Crippen LogP contribution in [0.25, 0.3) is 0 Å². The summed E-state index contributed by atoms with van der Waals surface area (Å²) in [5.74, 6) is -0.815. The van der Waals surface area contributed by atoms with Gasteiger partial charge in [0.1, 0.15) is 11.5 Å². The summed E-state index contributed by atoms with van der Waals surface area (Å²) in [7, 11) is 2.10. The van der Waals surface area contributed by atoms with Crippen molar-refractivity contribution >= 4 is 52.2 Å². The number of halogens is 4. The van der Waals surface area contributed by atoms with Crippen LogP contribution in [-0.2, 0) is 5.60 Å². The van der Waals surface area contributed by atoms with Crippen molar-refractivity contribution in [1.29, 1.82) is 0 Å². The Morgan fingerprint density at radius 3 is 2.25 bits per heavy atom. The van der Waals surface area contributed by atoms with Crippen molar-refractivity contribution in [1.82, 2.24) is 0 Å². The Morgan fingerprint density at radius 2 is 1.68 bits per heavy atom. The largest absolute Gasteiger partial charge is 0.384 e. The van der Waals surface area contributed by atoms with Crippen LogP contribution in [0.15, 0.2) is 36.4 Å². The number of carbonyl (C=O) groups excluding carboxylic acids is 1. The molecule has 2 aromatic rings. The molecule has 1 aliphatic heterocycles. The second-order valence-corrected chi connectivity index (χ2v) is 9.32. The van der Waals surface area contributed by atoms with Crippen molar-refractivity contribution in [2.24, 2.45) is 5.92 Å². The molecule has 0 aliphatic carbocycles. The number of Topliss-reactive ketones (excluding diaryl/α,β-unsaturated/α-hetero) is 1. The third-order valence-electron chi connectivity index (χ3n) is 5.94. The summed E-state index contributed by atoms with van der Waals surface area (Å²) in [6.45, 7) is 4.21. The van der Waals surface area contributed by atoms with Gasteiger partial charge in [0, 0.05) is 12.0 Å². The van der Waals surface area contributed by atoms with Crippen LogP contribution in [0.1, 0.15) is 29.3 Å². The Bertz CT molecular complexity index is 919. The average Bonchev–Trinajstić information content (AvgIpc) is 2.67. The van der Waals surface area contributed by atoms with Crippen molar-refractivity contribution in [3.05, 3.63) is 67.6 Å². The molecule has 1 heterocycles. The molecule has 1 saturated heterocycles. The van der Waals surface area contributed by atoms with Gasteiger partial charge in [-0.25, -0.2) is 0 Å². The highest BCUT2D eigenvalue weighted by molar-refractivity contribution is 6.42. The molecule has 1 aliphatic rings. The first-order valence-corrected chi connectivity index (χ1v) is 10.6. The summed E-state index contributed by atoms with van der Waals surface area (Å²) >= 11 is 24.4. The summed E-state index contributed by atoms with van der Waals surface area (Å²) in [5, 5.41) is 13.2. The molecule has 7 heteroatoms. The third-order valence-corrected chi connectivity index (χ3v) is 7.41. The first-order valence-electron chi connectivity index (χ1n) is 9.10. The van der Waals surface area contributed by atoms with E-state index in [1.807, 2.05) is 0 Å². The molecule has 0 bridgehead atoms. The number of piperidine rings is 1. The van der Waals surface area contributed by atoms with E-state index in [1.54, 1.807) is 36.4 Å². The zero-order valence-corrected chi connectivity index (χ0v) is 18.7. The normalized spacial score (nSPS) is 27.6. The Kier molecular flexibility index (Phi) is 6.36. The van der Waals surface area contributed by atoms with E-state index >= 15 is 0 Å². The number of ketones is 1. The predicted molar refractivity (Wildman–Crippen MR) is 116 cm³/mol. The maximum atomic E-state index is 13.5. The summed E-state index contributed by atoms with van der Waals surface area (Å²) < 4.78 is 0.696. The van der Waals surface area contributed by atoms with Crippen molar-refractivity contribution < 1.29 is 14.4 Å². The highest BCUT2D eigenvalue weighted by atomic mass is 35.5. The second kappa shape index (κ2) is 8.14. The van der Waals surface area contributed by atoms with Gasteiger partial charge in [0.2, 0.25) is 0 Å². The quantitative estimate of drug-likeness (QED) is 0.457. The van der Waals surface area contributed by atoms with Gasteiger partial charge in [-0.3, -0.25) is 4.79 Å². The molecule has 3 nitrogen and oxygen atoms in total. The molecule has 28 heavy (non-hydrogen) atoms. The van der Waals surface area contributed by atoms with E-state index in [1.165, 1.54) is 0 Å². The van der Waals surface area contributed by atoms with Gasteiger partial charge in [0.15, 0.2) is 5.78 Å². The van der Waals surface area contributed by atoms with Crippen LogP contribution in [0.4, 0.5) is 0 Å². The number of hydrogen-bond donors (Lipinski definition) is 1. The Labute approximate surface area is 185 Å². The molecular formula is C21H22Cl4NO2+. The number of hydrogen-bond acceptors (Lipinski definition) is 2. The van der Waals surface area contributed by atoms with Crippen LogP contribution in [-0.4, -0.2) is 42.1 Å². The first kappa shape index (κ1) is 21.9. The molecular weight excluding hydrogens is 440 g/mol. The monoisotopic (exact) mass is 460 g/mol. The number of rotatable bonds is 4. The Hall–Kier alpha value is -0.810. The van der Waals surface area contributed by atoms with E-state index in [-0.39, 0.29) is 5.78 Å². The molecule has 0 radical (unpaired) electrons. The van der Waals surface area contributed by atoms with Gasteiger partial charge in [-0.2, -0.15) is 0 Å². The number of nitrogens with zero attached hydrogens (tertiary/aromatic N) is 1. The maximum absolute atomic E-state index is 13.5. The molecule has 0 spiro atoms. The van der Waals surface area contributed by atoms with Gasteiger partial charge >= 0.3 is 0 Å². The van der Waals surface area contributed by atoms with E-state index in [0.29, 0.717) is 48.7 Å². The van der Waals surface area contributed by atoms with Crippen LogP contribution in [0.5, 0.6) is 0 Å². The molecule has 0 saturated carbocycles. The summed E-state index contributed by atoms with van der Waals surface area (Å²) in [6, 6.07) is 9.86. The van der Waals surface area contributed by atoms with E-state index in [4.69, 9.17) is 46.4 Å². The fourth-order valence-corrected chi connectivity index (χ4v) is 4.44. The number of benzene rings is 2. The van der Waals surface area contributed by atoms with E-state index in [0.717, 1.165) is 13.1 Å². The third kappa shape index (κ3) is 4.07. The Balaban J connectivity index is 2.08. The minimum absolute atomic E-state index is 0.162. The summed E-state index contributed by atoms with van der Waals surface area (Å²) in [5.41, 5.74) is -0.310. The minimum atomic E-state index is -1.34. The van der Waals surface area contributed by atoms with Crippen LogP contribution in [0, 0.1) is 5.92 Å². The molecule has 0 amide bonds. The molecule has 150 valence electrons. The molecule has 3 rings (SSSR count). The van der Waals surface area contributed by atoms with Gasteiger partial charge in [-0.15, -0.1) is 0 Å². The summed E-state index contributed by atoms with van der Waals surface area (Å²) in [4.78, 5) is 13.5. The minimum Gasteiger partial charge on any atom is -0.384 e. The highest BCUT2D eigenvalue weighted by Crippen LogP contribution is 2.43. The molecule has 3 atom stereocenters. The van der Waals surface area contributed by atoms with E-state index in [9.17, 15) is 9.90 Å². The van der Waals surface area contributed by atoms with Crippen LogP contribution in [0.3, 0.4) is 0 Å². The zero-order chi connectivity index (χ0) is 20.7. The van der Waals surface area contributed by atoms with Crippen molar-refractivity contribution in [2.75, 3.05) is 26.7 Å². The van der Waals surface area contributed by atoms with Crippen molar-refractivity contribution in [3.63, 3.8) is 0 Å². The second-order valence-electron chi connectivity index (χ2n) is 7.69. The lowest BCUT2D eigenvalue weighted by Crippen LogP contribution is -2.60. The summed E-state index contributed by atoms with van der Waals surface area (Å²) in [6.07, 6.45) is 0.438. The number of carbonyl (C=O) groups is 1. The smallest absolute Gasteiger partial charge is 0.174 e. The molecule has 1 fully saturated rings. The topological polar surface area (TPSA) is 37.3 Å². The number of aliphatic hydroxyl groups is 1. The van der Waals surface area contributed by atoms with Gasteiger partial charge in [0.25, 0.3) is 0 Å². The lowest BCUT2D eigenvalue weighted by molar-refractivity contribution is -0.917. The van der Waals surface area contributed by atoms with E-state index < -0.39 is 11.5 Å². The van der Waals surface area contributed by atoms with Crippen molar-refractivity contribution in [3.8, 4) is 0 Å². The van der Waals surface area contributed by atoms with Gasteiger partial charge < -0.3 is 9.59 Å². The molecule has 0 aromatic heterocycles. The highest BCUT2D eigenvalue weighted by Gasteiger charge is 2.51. The average molecular weight is 462 g/mol. The van der Waals surface area contributed by atoms with Crippen LogP contribution < -0.4 is 0 Å². The van der Waals surface area contributed by atoms with Crippen LogP contribution in [0.2, 0.25) is 20.1 Å². The SMILES string of the molecule is CC[N+]1(C)CC[C@](O)(c2ccc(Cl)c(Cl)c2)[C@H](C(=O)c2ccc(Cl)c(Cl)c2)C1. The predicted octanol–water partition coefficient (Wildman–Crippen LogP) is 5.86. The van der Waals surface area contributed by atoms with Crippen molar-refractivity contribution in [2.45, 2.75) is 18.9 Å². The molecule has 2 aromatic carbocycles. The van der Waals surface area contributed by atoms with Crippen LogP contribution >= 0.6 is 46.4 Å². The van der Waals surface area contributed by atoms with Gasteiger partial charge in [-0.05, 0) is 42.8 Å². The molecule has 1 unspecified atom stereocenters. The zero-order valence-electron chi connectivity index (χ0n) is 15.7. The maximum Gasteiger partial charge on any atom is 0.174 e. The van der Waals surface area contributed by atoms with Gasteiger partial charge in [0.05, 0.1) is 46.8 Å². The molecule has 1 N–H and O–H groups in total. The fourth-order valence-electron chi connectivity index (χ4n) is 3.85. The number of likely N-dealkylation sites (tertiary alicyclic amines) is 1. The lowest BCUT2D eigenvalue weighted by Gasteiger charge is -2.48. The van der Waals surface area contributed by atoms with E-state index in [2.05, 4.69) is 14.0 Å². The lowest BCUT2D eigenvalue weighted by atomic mass is 9.72. The van der Waals surface area contributed by atoms with Gasteiger partial charge in [-0.1, -0.05) is 52.5 Å². The number of quaternary nitrogens is 1. The standard InChI is InChI=1S/C21H22Cl4NO2/c1-3-26(2)9-8-21(28,14-5-7-17(23)19(25)11-14)15(12-26)20(27)13-4-6-16(22)18(24)10-13/h4-7,10-11,15,28H,3,8-9,12H2,1-2H3/q+1/t15-,21-,26?/m0/s1.